The molecule has 5 heteroatoms. The molecule has 0 saturated carbocycles. The first-order chi connectivity index (χ1) is 30.4. The van der Waals surface area contributed by atoms with E-state index in [9.17, 15) is 0 Å². The number of quaternary nitrogens is 2. The number of rotatable bonds is 9. The lowest BCUT2D eigenvalue weighted by Gasteiger charge is -2.41. The van der Waals surface area contributed by atoms with Gasteiger partial charge >= 0.3 is 0 Å². The zero-order chi connectivity index (χ0) is 45.1. The number of fused-ring (bicyclic) bond motifs is 7. The van der Waals surface area contributed by atoms with Crippen LogP contribution in [0.4, 0.5) is 22.7 Å². The summed E-state index contributed by atoms with van der Waals surface area (Å²) in [5.41, 5.74) is 16.8. The quantitative estimate of drug-likeness (QED) is 0.0822. The van der Waals surface area contributed by atoms with Gasteiger partial charge in [-0.05, 0) is 104 Å². The lowest BCUT2D eigenvalue weighted by molar-refractivity contribution is 0.422. The van der Waals surface area contributed by atoms with E-state index >= 15 is 0 Å². The van der Waals surface area contributed by atoms with Gasteiger partial charge in [-0.3, -0.25) is 4.57 Å². The monoisotopic (exact) mass is 843 g/mol. The van der Waals surface area contributed by atoms with Crippen molar-refractivity contribution >= 4 is 44.6 Å². The average molecular weight is 844 g/mol. The van der Waals surface area contributed by atoms with Crippen molar-refractivity contribution in [3.8, 4) is 28.4 Å². The standard InChI is InChI=1S/C59H63N4O/c1-37(2)41-30-50(38(3)4)57(51(31-41)39(5)6)40-17-15-18-44(29-40)63-36-62(63,54-26-23-42(32-55(54)63)58(7,8)9)45-19-16-20-46(34-45)64-47-24-25-49-48-21-13-14-22-52(48)61(53(49)35-47)56-33-43(27-28-60-56)59(10,11)12/h13-39H,1-12H3/q+1/t62?,63-/m0/s1. The lowest BCUT2D eigenvalue weighted by atomic mass is 9.81. The van der Waals surface area contributed by atoms with Crippen molar-refractivity contribution in [3.63, 3.8) is 0 Å². The molecule has 6 aromatic carbocycles. The van der Waals surface area contributed by atoms with Gasteiger partial charge < -0.3 is 4.74 Å². The zero-order valence-corrected chi connectivity index (χ0v) is 39.8. The summed E-state index contributed by atoms with van der Waals surface area (Å²) in [4.78, 5) is 4.91. The number of hydrogen-bond acceptors (Lipinski definition) is 2. The summed E-state index contributed by atoms with van der Waals surface area (Å²) in [5, 5.41) is 2.37. The maximum atomic E-state index is 6.87. The van der Waals surface area contributed by atoms with Crippen LogP contribution in [-0.4, -0.2) is 9.55 Å². The van der Waals surface area contributed by atoms with E-state index in [1.807, 2.05) is 6.20 Å². The van der Waals surface area contributed by atoms with Crippen molar-refractivity contribution < 1.29 is 4.74 Å². The predicted octanol–water partition coefficient (Wildman–Crippen LogP) is 16.9. The van der Waals surface area contributed by atoms with Crippen molar-refractivity contribution in [3.05, 3.63) is 174 Å². The van der Waals surface area contributed by atoms with Gasteiger partial charge in [0.05, 0.1) is 11.0 Å². The highest BCUT2D eigenvalue weighted by atomic mass is 16.5. The topological polar surface area (TPSA) is 27.1 Å². The third-order valence-electron chi connectivity index (χ3n) is 13.9. The Morgan fingerprint density at radius 3 is 1.84 bits per heavy atom. The van der Waals surface area contributed by atoms with E-state index in [0.29, 0.717) is 26.9 Å². The number of ether oxygens (including phenoxy) is 1. The minimum atomic E-state index is -0.00409. The fourth-order valence-electron chi connectivity index (χ4n) is 10.3. The molecule has 0 spiro atoms. The molecule has 5 nitrogen and oxygen atoms in total. The Labute approximate surface area is 380 Å². The number of hydrogen-bond donors (Lipinski definition) is 0. The summed E-state index contributed by atoms with van der Waals surface area (Å²) in [6.07, 6.45) is 1.93. The van der Waals surface area contributed by atoms with E-state index in [0.717, 1.165) is 28.4 Å². The molecule has 2 aliphatic rings. The molecule has 324 valence electrons. The second kappa shape index (κ2) is 14.8. The summed E-state index contributed by atoms with van der Waals surface area (Å²) >= 11 is 0. The van der Waals surface area contributed by atoms with E-state index < -0.39 is 0 Å². The Bertz CT molecular complexity index is 3110. The van der Waals surface area contributed by atoms with Crippen molar-refractivity contribution in [2.24, 2.45) is 0 Å². The van der Waals surface area contributed by atoms with Crippen molar-refractivity contribution in [2.45, 2.75) is 112 Å². The third-order valence-corrected chi connectivity index (χ3v) is 13.9. The maximum absolute atomic E-state index is 6.87. The molecule has 0 N–H and O–H groups in total. The van der Waals surface area contributed by atoms with Crippen LogP contribution in [0.3, 0.4) is 0 Å². The zero-order valence-electron chi connectivity index (χ0n) is 39.8. The molecule has 2 atom stereocenters. The molecule has 1 unspecified atom stereocenters. The van der Waals surface area contributed by atoms with Crippen molar-refractivity contribution in [1.82, 2.24) is 18.7 Å². The molecular formula is C59H63N4O+. The van der Waals surface area contributed by atoms with Crippen LogP contribution in [-0.2, 0) is 10.8 Å². The highest BCUT2D eigenvalue weighted by Crippen LogP contribution is 2.75. The van der Waals surface area contributed by atoms with Crippen LogP contribution in [0.25, 0.3) is 38.8 Å². The van der Waals surface area contributed by atoms with E-state index in [-0.39, 0.29) is 10.8 Å². The van der Waals surface area contributed by atoms with Gasteiger partial charge in [-0.1, -0.05) is 138 Å². The summed E-state index contributed by atoms with van der Waals surface area (Å²) in [5.74, 6) is 3.76. The van der Waals surface area contributed by atoms with E-state index in [1.165, 1.54) is 72.5 Å². The number of nitrogens with zero attached hydrogens (tertiary/aromatic N) is 4. The average Bonchev–Trinajstić information content (AvgIpc) is 3.76. The molecular weight excluding hydrogens is 781 g/mol. The Balaban J connectivity index is 1.08. The molecule has 8 aromatic rings. The van der Waals surface area contributed by atoms with Crippen molar-refractivity contribution in [1.29, 1.82) is 0 Å². The molecule has 1 saturated heterocycles. The first kappa shape index (κ1) is 42.0. The Morgan fingerprint density at radius 1 is 0.531 bits per heavy atom. The molecule has 64 heavy (non-hydrogen) atoms. The van der Waals surface area contributed by atoms with Gasteiger partial charge in [-0.15, -0.1) is 0 Å². The first-order valence-corrected chi connectivity index (χ1v) is 23.3. The molecule has 2 aliphatic heterocycles. The largest absolute Gasteiger partial charge is 0.457 e. The van der Waals surface area contributed by atoms with Gasteiger partial charge in [0.1, 0.15) is 17.3 Å². The lowest BCUT2D eigenvalue weighted by Crippen LogP contribution is -2.46. The van der Waals surface area contributed by atoms with Gasteiger partial charge in [-0.2, -0.15) is 9.18 Å². The Morgan fingerprint density at radius 2 is 1.16 bits per heavy atom. The van der Waals surface area contributed by atoms with Crippen LogP contribution in [0.15, 0.2) is 140 Å². The second-order valence-electron chi connectivity index (χ2n) is 21.3. The van der Waals surface area contributed by atoms with Crippen LogP contribution in [0.1, 0.15) is 129 Å². The number of benzene rings is 6. The minimum absolute atomic E-state index is 0.00409. The van der Waals surface area contributed by atoms with Gasteiger partial charge in [0.15, 0.2) is 18.0 Å². The van der Waals surface area contributed by atoms with Gasteiger partial charge in [0.2, 0.25) is 11.4 Å². The molecule has 0 aliphatic carbocycles. The predicted molar refractivity (Wildman–Crippen MR) is 270 cm³/mol. The van der Waals surface area contributed by atoms with Gasteiger partial charge in [0, 0.05) is 59.4 Å². The number of pyridine rings is 1. The fourth-order valence-corrected chi connectivity index (χ4v) is 10.3. The highest BCUT2D eigenvalue weighted by Gasteiger charge is 2.78. The van der Waals surface area contributed by atoms with Crippen LogP contribution in [0, 0.1) is 6.67 Å². The molecule has 0 bridgehead atoms. The molecule has 2 aromatic heterocycles. The van der Waals surface area contributed by atoms with Crippen molar-refractivity contribution in [2.75, 3.05) is 0 Å². The third kappa shape index (κ3) is 6.45. The maximum Gasteiger partial charge on any atom is 0.225 e. The van der Waals surface area contributed by atoms with Gasteiger partial charge in [0.25, 0.3) is 0 Å². The van der Waals surface area contributed by atoms with Crippen LogP contribution >= 0.6 is 0 Å². The Kier molecular flexibility index (Phi) is 9.68. The van der Waals surface area contributed by atoms with Gasteiger partial charge in [-0.25, -0.2) is 4.98 Å². The van der Waals surface area contributed by atoms with Crippen LogP contribution < -0.4 is 13.9 Å². The molecule has 1 fully saturated rings. The minimum Gasteiger partial charge on any atom is -0.457 e. The van der Waals surface area contributed by atoms with E-state index in [4.69, 9.17) is 9.72 Å². The second-order valence-corrected chi connectivity index (χ2v) is 21.3. The number of aromatic nitrogens is 2. The highest BCUT2D eigenvalue weighted by molar-refractivity contribution is 6.09. The molecule has 0 radical (unpaired) electrons. The molecule has 4 heterocycles. The molecule has 10 rings (SSSR count). The van der Waals surface area contributed by atoms with E-state index in [2.05, 4.69) is 228 Å². The summed E-state index contributed by atoms with van der Waals surface area (Å²) < 4.78 is 10.4. The smallest absolute Gasteiger partial charge is 0.225 e. The summed E-state index contributed by atoms with van der Waals surface area (Å²) in [6.45, 7) is 30.2. The molecule has 0 amide bonds. The fraction of sp³-hybridized carbons (Fsp3) is 0.288. The van der Waals surface area contributed by atoms with Crippen LogP contribution in [0.5, 0.6) is 11.5 Å². The number of para-hydroxylation sites is 1. The van der Waals surface area contributed by atoms with E-state index in [1.54, 1.807) is 0 Å². The first-order valence-electron chi connectivity index (χ1n) is 23.3. The normalized spacial score (nSPS) is 18.2. The summed E-state index contributed by atoms with van der Waals surface area (Å²) in [7, 11) is 0. The SMILES string of the molecule is CC(C)c1cc(C(C)C)c(-c2cccc([N@+]34[CH-][N+]3(c3cccc(Oc5ccc6c7ccccc7n(-c7cc(C(C)(C)C)ccn7)c6c5)c3)c3ccc(C(C)(C)C)cc34)c2)c(C(C)C)c1. The van der Waals surface area contributed by atoms with Crippen LogP contribution in [0.2, 0.25) is 0 Å². The summed E-state index contributed by atoms with van der Waals surface area (Å²) in [6, 6.07) is 49.7. The Hall–Kier alpha value is -6.01.